The maximum Gasteiger partial charge on any atom is 0.0771 e. The predicted molar refractivity (Wildman–Crippen MR) is 114 cm³/mol. The minimum atomic E-state index is 0.804. The zero-order valence-electron chi connectivity index (χ0n) is 15.0. The minimum Gasteiger partial charge on any atom is -0.397 e. The van der Waals surface area contributed by atoms with Gasteiger partial charge in [-0.05, 0) is 41.8 Å². The molecule has 27 heavy (non-hydrogen) atoms. The number of para-hydroxylation sites is 2. The number of nitrogens with two attached hydrogens (primary N) is 1. The molecule has 0 aliphatic carbocycles. The number of nitrogens with zero attached hydrogens (tertiary/aromatic N) is 1. The number of fused-ring (bicyclic) bond motifs is 3. The molecule has 0 aliphatic heterocycles. The van der Waals surface area contributed by atoms with Crippen LogP contribution in [0.15, 0.2) is 97.1 Å². The average molecular weight is 348 g/mol. The number of nitrogen functional groups attached to an aromatic ring is 1. The third-order valence-corrected chi connectivity index (χ3v) is 5.18. The first-order chi connectivity index (χ1) is 13.3. The smallest absolute Gasteiger partial charge is 0.0771 e. The molecule has 4 aromatic carbocycles. The van der Waals surface area contributed by atoms with Crippen molar-refractivity contribution in [3.05, 3.63) is 108 Å². The molecule has 0 atom stereocenters. The van der Waals surface area contributed by atoms with E-state index in [1.807, 2.05) is 18.2 Å². The summed E-state index contributed by atoms with van der Waals surface area (Å²) in [6.45, 7) is 0. The minimum absolute atomic E-state index is 0.804. The van der Waals surface area contributed by atoms with Gasteiger partial charge in [0.2, 0.25) is 0 Å². The lowest BCUT2D eigenvalue weighted by Gasteiger charge is -2.09. The second kappa shape index (κ2) is 6.33. The zero-order valence-corrected chi connectivity index (χ0v) is 15.0. The van der Waals surface area contributed by atoms with E-state index in [1.165, 1.54) is 27.4 Å². The summed E-state index contributed by atoms with van der Waals surface area (Å²) in [5.41, 5.74) is 13.3. The maximum absolute atomic E-state index is 6.44. The maximum atomic E-state index is 6.44. The molecule has 0 saturated carbocycles. The van der Waals surface area contributed by atoms with Crippen LogP contribution in [0.25, 0.3) is 27.5 Å². The van der Waals surface area contributed by atoms with Crippen LogP contribution in [0.4, 0.5) is 5.69 Å². The molecule has 0 unspecified atom stereocenters. The van der Waals surface area contributed by atoms with Crippen molar-refractivity contribution in [2.24, 2.45) is 0 Å². The van der Waals surface area contributed by atoms with E-state index in [4.69, 9.17) is 5.73 Å². The largest absolute Gasteiger partial charge is 0.397 e. The Balaban J connectivity index is 1.86. The molecule has 0 fully saturated rings. The van der Waals surface area contributed by atoms with Crippen LogP contribution in [0.2, 0.25) is 0 Å². The Bertz CT molecular complexity index is 1240. The number of aromatic nitrogens is 1. The van der Waals surface area contributed by atoms with Crippen LogP contribution in [0, 0.1) is 0 Å². The van der Waals surface area contributed by atoms with Gasteiger partial charge in [-0.15, -0.1) is 0 Å². The Morgan fingerprint density at radius 1 is 0.667 bits per heavy atom. The van der Waals surface area contributed by atoms with Crippen LogP contribution >= 0.6 is 0 Å². The van der Waals surface area contributed by atoms with Gasteiger partial charge >= 0.3 is 0 Å². The van der Waals surface area contributed by atoms with Crippen LogP contribution < -0.4 is 5.73 Å². The van der Waals surface area contributed by atoms with Crippen molar-refractivity contribution < 1.29 is 0 Å². The Kier molecular flexibility index (Phi) is 3.68. The van der Waals surface area contributed by atoms with Gasteiger partial charge in [0.25, 0.3) is 0 Å². The fourth-order valence-electron chi connectivity index (χ4n) is 4.03. The highest BCUT2D eigenvalue weighted by molar-refractivity contribution is 6.14. The summed E-state index contributed by atoms with van der Waals surface area (Å²) in [5.74, 6) is 0. The average Bonchev–Trinajstić information content (AvgIpc) is 3.06. The van der Waals surface area contributed by atoms with Crippen molar-refractivity contribution in [1.82, 2.24) is 4.57 Å². The zero-order chi connectivity index (χ0) is 18.2. The molecule has 5 rings (SSSR count). The lowest BCUT2D eigenvalue weighted by atomic mass is 9.99. The van der Waals surface area contributed by atoms with Crippen molar-refractivity contribution in [3.63, 3.8) is 0 Å². The van der Waals surface area contributed by atoms with Gasteiger partial charge in [-0.1, -0.05) is 72.8 Å². The first kappa shape index (κ1) is 15.7. The highest BCUT2D eigenvalue weighted by atomic mass is 15.0. The SMILES string of the molecule is Nc1cccc2c3c(Cc4ccccc4)cccc3n(-c3ccccc3)c12. The van der Waals surface area contributed by atoms with Gasteiger partial charge in [-0.3, -0.25) is 0 Å². The number of anilines is 1. The van der Waals surface area contributed by atoms with Crippen LogP contribution in [0.1, 0.15) is 11.1 Å². The molecule has 0 radical (unpaired) electrons. The van der Waals surface area contributed by atoms with Gasteiger partial charge in [0, 0.05) is 16.5 Å². The predicted octanol–water partition coefficient (Wildman–Crippen LogP) is 5.96. The van der Waals surface area contributed by atoms with Crippen molar-refractivity contribution >= 4 is 27.5 Å². The first-order valence-corrected chi connectivity index (χ1v) is 9.23. The van der Waals surface area contributed by atoms with Gasteiger partial charge in [-0.25, -0.2) is 0 Å². The highest BCUT2D eigenvalue weighted by Gasteiger charge is 2.16. The normalized spacial score (nSPS) is 11.3. The summed E-state index contributed by atoms with van der Waals surface area (Å²) < 4.78 is 2.29. The molecular formula is C25H20N2. The molecule has 1 aromatic heterocycles. The molecule has 130 valence electrons. The Hall–Kier alpha value is -3.52. The summed E-state index contributed by atoms with van der Waals surface area (Å²) in [4.78, 5) is 0. The quantitative estimate of drug-likeness (QED) is 0.401. The number of hydrogen-bond donors (Lipinski definition) is 1. The number of benzene rings is 4. The summed E-state index contributed by atoms with van der Waals surface area (Å²) in [6.07, 6.45) is 0.904. The van der Waals surface area contributed by atoms with E-state index in [9.17, 15) is 0 Å². The van der Waals surface area contributed by atoms with Gasteiger partial charge in [-0.2, -0.15) is 0 Å². The molecular weight excluding hydrogens is 328 g/mol. The fraction of sp³-hybridized carbons (Fsp3) is 0.0400. The van der Waals surface area contributed by atoms with Crippen molar-refractivity contribution in [3.8, 4) is 5.69 Å². The third kappa shape index (κ3) is 2.58. The monoisotopic (exact) mass is 348 g/mol. The summed E-state index contributed by atoms with van der Waals surface area (Å²) in [6, 6.07) is 33.9. The first-order valence-electron chi connectivity index (χ1n) is 9.23. The van der Waals surface area contributed by atoms with E-state index in [2.05, 4.69) is 83.4 Å². The van der Waals surface area contributed by atoms with E-state index in [1.54, 1.807) is 0 Å². The molecule has 0 bridgehead atoms. The number of hydrogen-bond acceptors (Lipinski definition) is 1. The van der Waals surface area contributed by atoms with E-state index in [0.29, 0.717) is 0 Å². The van der Waals surface area contributed by atoms with Crippen LogP contribution in [-0.2, 0) is 6.42 Å². The van der Waals surface area contributed by atoms with E-state index in [-0.39, 0.29) is 0 Å². The molecule has 0 spiro atoms. The summed E-state index contributed by atoms with van der Waals surface area (Å²) in [5, 5.41) is 2.49. The third-order valence-electron chi connectivity index (χ3n) is 5.18. The second-order valence-electron chi connectivity index (χ2n) is 6.89. The molecule has 2 N–H and O–H groups in total. The van der Waals surface area contributed by atoms with Gasteiger partial charge in [0.1, 0.15) is 0 Å². The second-order valence-corrected chi connectivity index (χ2v) is 6.89. The molecule has 5 aromatic rings. The van der Waals surface area contributed by atoms with Gasteiger partial charge in [0.15, 0.2) is 0 Å². The fourth-order valence-corrected chi connectivity index (χ4v) is 4.03. The van der Waals surface area contributed by atoms with Crippen molar-refractivity contribution in [1.29, 1.82) is 0 Å². The molecule has 0 saturated heterocycles. The Morgan fingerprint density at radius 2 is 1.37 bits per heavy atom. The van der Waals surface area contributed by atoms with E-state index in [0.717, 1.165) is 23.3 Å². The van der Waals surface area contributed by atoms with Crippen LogP contribution in [0.3, 0.4) is 0 Å². The molecule has 0 amide bonds. The van der Waals surface area contributed by atoms with Gasteiger partial charge in [0.05, 0.1) is 16.7 Å². The Morgan fingerprint density at radius 3 is 2.15 bits per heavy atom. The molecule has 2 heteroatoms. The number of rotatable bonds is 3. The van der Waals surface area contributed by atoms with Crippen molar-refractivity contribution in [2.75, 3.05) is 5.73 Å². The van der Waals surface area contributed by atoms with Crippen LogP contribution in [0.5, 0.6) is 0 Å². The molecule has 1 heterocycles. The van der Waals surface area contributed by atoms with Crippen molar-refractivity contribution in [2.45, 2.75) is 6.42 Å². The van der Waals surface area contributed by atoms with Gasteiger partial charge < -0.3 is 10.3 Å². The lowest BCUT2D eigenvalue weighted by molar-refractivity contribution is 1.17. The summed E-state index contributed by atoms with van der Waals surface area (Å²) in [7, 11) is 0. The molecule has 0 aliphatic rings. The highest BCUT2D eigenvalue weighted by Crippen LogP contribution is 2.37. The van der Waals surface area contributed by atoms with E-state index < -0.39 is 0 Å². The topological polar surface area (TPSA) is 30.9 Å². The van der Waals surface area contributed by atoms with Crippen LogP contribution in [-0.4, -0.2) is 4.57 Å². The molecule has 2 nitrogen and oxygen atoms in total. The standard InChI is InChI=1S/C25H20N2/c26-22-15-8-14-21-24-19(17-18-9-3-1-4-10-18)11-7-16-23(24)27(25(21)22)20-12-5-2-6-13-20/h1-16H,17,26H2. The van der Waals surface area contributed by atoms with E-state index >= 15 is 0 Å². The Labute approximate surface area is 158 Å². The summed E-state index contributed by atoms with van der Waals surface area (Å²) >= 11 is 0. The lowest BCUT2D eigenvalue weighted by Crippen LogP contribution is -1.96.